The molecule has 1 atom stereocenters. The third-order valence-corrected chi connectivity index (χ3v) is 5.22. The minimum Gasteiger partial charge on any atom is -0.475 e. The molecule has 144 valence electrons. The number of anilines is 3. The highest BCUT2D eigenvalue weighted by Crippen LogP contribution is 2.51. The average molecular weight is 377 g/mol. The van der Waals surface area contributed by atoms with Gasteiger partial charge in [0.15, 0.2) is 0 Å². The third kappa shape index (κ3) is 3.38. The largest absolute Gasteiger partial charge is 0.475 e. The third-order valence-electron chi connectivity index (χ3n) is 5.22. The van der Waals surface area contributed by atoms with Crippen LogP contribution in [0.25, 0.3) is 0 Å². The van der Waals surface area contributed by atoms with Gasteiger partial charge in [0.2, 0.25) is 11.8 Å². The minimum absolute atomic E-state index is 0.0391. The van der Waals surface area contributed by atoms with E-state index in [4.69, 9.17) is 4.74 Å². The van der Waals surface area contributed by atoms with Gasteiger partial charge in [0.25, 0.3) is 0 Å². The zero-order chi connectivity index (χ0) is 19.7. The van der Waals surface area contributed by atoms with Crippen molar-refractivity contribution in [2.75, 3.05) is 16.8 Å². The first-order valence-corrected chi connectivity index (χ1v) is 9.62. The van der Waals surface area contributed by atoms with Gasteiger partial charge in [-0.15, -0.1) is 0 Å². The van der Waals surface area contributed by atoms with Crippen LogP contribution in [-0.2, 0) is 4.79 Å². The summed E-state index contributed by atoms with van der Waals surface area (Å²) in [6.45, 7) is 4.45. The maximum absolute atomic E-state index is 13.0. The standard InChI is InChI=1S/C21H23N5O2/c1-14(2)28-19-5-3-4-17(25-19)24-18-12-16(8-10-23-18)26-11-9-21(13-22,20(26)27)15-6-7-15/h3-5,8,10,12,14-15H,6-7,9,11H2,1-2H3,(H,23,24,25)/t21-/m1/s1. The molecule has 2 aromatic rings. The van der Waals surface area contributed by atoms with Crippen molar-refractivity contribution in [3.05, 3.63) is 36.5 Å². The number of ether oxygens (including phenoxy) is 1. The normalized spacial score (nSPS) is 21.6. The second kappa shape index (κ2) is 7.12. The topological polar surface area (TPSA) is 91.1 Å². The molecule has 3 heterocycles. The summed E-state index contributed by atoms with van der Waals surface area (Å²) >= 11 is 0. The molecule has 0 radical (unpaired) electrons. The minimum atomic E-state index is -0.846. The van der Waals surface area contributed by atoms with Gasteiger partial charge >= 0.3 is 0 Å². The monoisotopic (exact) mass is 377 g/mol. The molecule has 28 heavy (non-hydrogen) atoms. The summed E-state index contributed by atoms with van der Waals surface area (Å²) in [7, 11) is 0. The molecule has 0 aromatic carbocycles. The van der Waals surface area contributed by atoms with Crippen molar-refractivity contribution in [3.63, 3.8) is 0 Å². The molecule has 1 aliphatic carbocycles. The van der Waals surface area contributed by atoms with Crippen LogP contribution >= 0.6 is 0 Å². The first-order valence-electron chi connectivity index (χ1n) is 9.62. The Hall–Kier alpha value is -3.14. The molecule has 1 saturated heterocycles. The summed E-state index contributed by atoms with van der Waals surface area (Å²) in [5.41, 5.74) is -0.101. The number of nitriles is 1. The molecule has 1 saturated carbocycles. The van der Waals surface area contributed by atoms with Crippen LogP contribution in [0, 0.1) is 22.7 Å². The summed E-state index contributed by atoms with van der Waals surface area (Å²) < 4.78 is 5.62. The van der Waals surface area contributed by atoms with E-state index in [0.717, 1.165) is 18.5 Å². The van der Waals surface area contributed by atoms with Crippen LogP contribution in [0.15, 0.2) is 36.5 Å². The molecule has 2 fully saturated rings. The fraction of sp³-hybridized carbons (Fsp3) is 0.429. The smallest absolute Gasteiger partial charge is 0.247 e. The SMILES string of the molecule is CC(C)Oc1cccc(Nc2cc(N3CC[C@@](C#N)(C4CC4)C3=O)ccn2)n1. The molecule has 1 N–H and O–H groups in total. The van der Waals surface area contributed by atoms with Crippen LogP contribution in [0.4, 0.5) is 17.3 Å². The molecule has 1 amide bonds. The van der Waals surface area contributed by atoms with E-state index in [1.54, 1.807) is 23.2 Å². The Morgan fingerprint density at radius 3 is 2.86 bits per heavy atom. The molecule has 2 aromatic heterocycles. The number of carbonyl (C=O) groups excluding carboxylic acids is 1. The van der Waals surface area contributed by atoms with Crippen molar-refractivity contribution >= 4 is 23.2 Å². The van der Waals surface area contributed by atoms with E-state index in [1.165, 1.54) is 0 Å². The maximum atomic E-state index is 13.0. The van der Waals surface area contributed by atoms with Crippen LogP contribution in [0.5, 0.6) is 5.88 Å². The Morgan fingerprint density at radius 1 is 1.32 bits per heavy atom. The summed E-state index contributed by atoms with van der Waals surface area (Å²) in [6.07, 6.45) is 4.22. The number of hydrogen-bond acceptors (Lipinski definition) is 6. The van der Waals surface area contributed by atoms with Crippen LogP contribution < -0.4 is 15.0 Å². The fourth-order valence-electron chi connectivity index (χ4n) is 3.71. The van der Waals surface area contributed by atoms with E-state index in [0.29, 0.717) is 30.5 Å². The number of hydrogen-bond donors (Lipinski definition) is 1. The first kappa shape index (κ1) is 18.2. The van der Waals surface area contributed by atoms with Gasteiger partial charge in [0.1, 0.15) is 17.1 Å². The van der Waals surface area contributed by atoms with Crippen molar-refractivity contribution in [3.8, 4) is 11.9 Å². The summed E-state index contributed by atoms with van der Waals surface area (Å²) in [6, 6.07) is 11.4. The molecule has 4 rings (SSSR count). The van der Waals surface area contributed by atoms with Crippen LogP contribution in [-0.4, -0.2) is 28.5 Å². The lowest BCUT2D eigenvalue weighted by atomic mass is 9.83. The van der Waals surface area contributed by atoms with Gasteiger partial charge in [-0.3, -0.25) is 4.79 Å². The highest BCUT2D eigenvalue weighted by molar-refractivity contribution is 6.02. The molecule has 7 nitrogen and oxygen atoms in total. The Morgan fingerprint density at radius 2 is 2.14 bits per heavy atom. The lowest BCUT2D eigenvalue weighted by Gasteiger charge is -2.21. The van der Waals surface area contributed by atoms with E-state index >= 15 is 0 Å². The van der Waals surface area contributed by atoms with Crippen molar-refractivity contribution in [1.82, 2.24) is 9.97 Å². The van der Waals surface area contributed by atoms with Crippen LogP contribution in [0.3, 0.4) is 0 Å². The predicted molar refractivity (Wildman–Crippen MR) is 105 cm³/mol. The molecule has 0 unspecified atom stereocenters. The molecule has 7 heteroatoms. The Bertz CT molecular complexity index is 934. The lowest BCUT2D eigenvalue weighted by Crippen LogP contribution is -2.35. The van der Waals surface area contributed by atoms with E-state index < -0.39 is 5.41 Å². The summed E-state index contributed by atoms with van der Waals surface area (Å²) in [4.78, 5) is 23.5. The Kier molecular flexibility index (Phi) is 4.63. The maximum Gasteiger partial charge on any atom is 0.247 e. The number of carbonyl (C=O) groups is 1. The van der Waals surface area contributed by atoms with E-state index in [1.807, 2.05) is 32.0 Å². The molecule has 0 spiro atoms. The molecular formula is C21H23N5O2. The van der Waals surface area contributed by atoms with Crippen LogP contribution in [0.1, 0.15) is 33.1 Å². The Labute approximate surface area is 164 Å². The Balaban J connectivity index is 1.53. The van der Waals surface area contributed by atoms with E-state index in [9.17, 15) is 10.1 Å². The number of pyridine rings is 2. The second-order valence-corrected chi connectivity index (χ2v) is 7.62. The highest BCUT2D eigenvalue weighted by atomic mass is 16.5. The summed E-state index contributed by atoms with van der Waals surface area (Å²) in [5, 5.41) is 12.8. The number of amides is 1. The van der Waals surface area contributed by atoms with Crippen LogP contribution in [0.2, 0.25) is 0 Å². The predicted octanol–water partition coefficient (Wildman–Crippen LogP) is 3.66. The first-order chi connectivity index (χ1) is 13.5. The van der Waals surface area contributed by atoms with Crippen molar-refractivity contribution in [1.29, 1.82) is 5.26 Å². The van der Waals surface area contributed by atoms with Gasteiger partial charge in [0, 0.05) is 30.6 Å². The van der Waals surface area contributed by atoms with E-state index in [-0.39, 0.29) is 17.9 Å². The van der Waals surface area contributed by atoms with Crippen molar-refractivity contribution in [2.45, 2.75) is 39.2 Å². The number of nitrogens with zero attached hydrogens (tertiary/aromatic N) is 4. The molecular weight excluding hydrogens is 354 g/mol. The van der Waals surface area contributed by atoms with E-state index in [2.05, 4.69) is 21.4 Å². The van der Waals surface area contributed by atoms with Gasteiger partial charge in [-0.25, -0.2) is 4.98 Å². The van der Waals surface area contributed by atoms with Crippen molar-refractivity contribution < 1.29 is 9.53 Å². The van der Waals surface area contributed by atoms with Gasteiger partial charge < -0.3 is 15.0 Å². The molecule has 2 aliphatic rings. The van der Waals surface area contributed by atoms with Gasteiger partial charge in [-0.2, -0.15) is 10.2 Å². The highest BCUT2D eigenvalue weighted by Gasteiger charge is 2.56. The van der Waals surface area contributed by atoms with Gasteiger partial charge in [-0.05, 0) is 51.2 Å². The summed E-state index contributed by atoms with van der Waals surface area (Å²) in [5.74, 6) is 1.86. The number of rotatable bonds is 6. The van der Waals surface area contributed by atoms with Gasteiger partial charge in [0.05, 0.1) is 12.2 Å². The lowest BCUT2D eigenvalue weighted by molar-refractivity contribution is -0.123. The van der Waals surface area contributed by atoms with Gasteiger partial charge in [-0.1, -0.05) is 6.07 Å². The molecule has 0 bridgehead atoms. The number of aromatic nitrogens is 2. The number of nitrogens with one attached hydrogen (secondary N) is 1. The second-order valence-electron chi connectivity index (χ2n) is 7.62. The van der Waals surface area contributed by atoms with Crippen molar-refractivity contribution in [2.24, 2.45) is 11.3 Å². The zero-order valence-electron chi connectivity index (χ0n) is 16.1. The average Bonchev–Trinajstić information content (AvgIpc) is 3.46. The zero-order valence-corrected chi connectivity index (χ0v) is 16.1. The quantitative estimate of drug-likeness (QED) is 0.826. The fourth-order valence-corrected chi connectivity index (χ4v) is 3.71. The molecule has 1 aliphatic heterocycles.